The fourth-order valence-electron chi connectivity index (χ4n) is 1.67. The van der Waals surface area contributed by atoms with Crippen LogP contribution in [0.15, 0.2) is 53.6 Å². The molecule has 114 valence electrons. The molecule has 6 heteroatoms. The van der Waals surface area contributed by atoms with E-state index in [1.807, 2.05) is 0 Å². The molecular formula is C16H16FN3O2. The Bertz CT molecular complexity index is 684. The molecule has 0 atom stereocenters. The first kappa shape index (κ1) is 15.5. The van der Waals surface area contributed by atoms with E-state index >= 15 is 0 Å². The Labute approximate surface area is 127 Å². The number of hydrazone groups is 1. The van der Waals surface area contributed by atoms with Crippen LogP contribution < -0.4 is 15.9 Å². The predicted molar refractivity (Wildman–Crippen MR) is 83.1 cm³/mol. The number of nitrogen functional groups attached to an aromatic ring is 1. The molecule has 0 saturated carbocycles. The molecule has 5 nitrogen and oxygen atoms in total. The van der Waals surface area contributed by atoms with Crippen molar-refractivity contribution in [3.05, 3.63) is 59.9 Å². The molecule has 1 amide bonds. The highest BCUT2D eigenvalue weighted by atomic mass is 19.1. The molecule has 2 rings (SSSR count). The van der Waals surface area contributed by atoms with Crippen LogP contribution in [0.5, 0.6) is 5.75 Å². The molecule has 0 aliphatic rings. The fourth-order valence-corrected chi connectivity index (χ4v) is 1.67. The van der Waals surface area contributed by atoms with Gasteiger partial charge in [-0.1, -0.05) is 24.3 Å². The van der Waals surface area contributed by atoms with Gasteiger partial charge in [-0.15, -0.1) is 0 Å². The molecule has 0 aromatic heterocycles. The number of para-hydroxylation sites is 1. The summed E-state index contributed by atoms with van der Waals surface area (Å²) in [7, 11) is 0. The second-order valence-electron chi connectivity index (χ2n) is 4.57. The summed E-state index contributed by atoms with van der Waals surface area (Å²) in [6, 6.07) is 13.0. The van der Waals surface area contributed by atoms with Crippen LogP contribution in [0.3, 0.4) is 0 Å². The number of hydrogen-bond acceptors (Lipinski definition) is 4. The summed E-state index contributed by atoms with van der Waals surface area (Å²) in [5, 5.41) is 3.96. The number of ether oxygens (including phenoxy) is 1. The van der Waals surface area contributed by atoms with E-state index in [0.29, 0.717) is 11.4 Å². The zero-order chi connectivity index (χ0) is 15.9. The van der Waals surface area contributed by atoms with Gasteiger partial charge in [0.25, 0.3) is 5.91 Å². The lowest BCUT2D eigenvalue weighted by Gasteiger charge is -2.06. The van der Waals surface area contributed by atoms with Crippen molar-refractivity contribution in [3.63, 3.8) is 0 Å². The molecule has 0 radical (unpaired) electrons. The van der Waals surface area contributed by atoms with Crippen LogP contribution in [0.2, 0.25) is 0 Å². The molecule has 3 N–H and O–H groups in total. The number of rotatable bonds is 5. The Morgan fingerprint density at radius 1 is 1.23 bits per heavy atom. The summed E-state index contributed by atoms with van der Waals surface area (Å²) >= 11 is 0. The van der Waals surface area contributed by atoms with Gasteiger partial charge in [-0.2, -0.15) is 5.10 Å². The normalized spacial score (nSPS) is 11.1. The van der Waals surface area contributed by atoms with Crippen LogP contribution in [0.1, 0.15) is 12.5 Å². The largest absolute Gasteiger partial charge is 0.481 e. The first-order valence-corrected chi connectivity index (χ1v) is 6.62. The van der Waals surface area contributed by atoms with Gasteiger partial charge in [0.15, 0.2) is 18.2 Å². The van der Waals surface area contributed by atoms with Crippen molar-refractivity contribution in [2.45, 2.75) is 6.92 Å². The van der Waals surface area contributed by atoms with E-state index in [-0.39, 0.29) is 12.4 Å². The molecule has 2 aromatic carbocycles. The molecular weight excluding hydrogens is 285 g/mol. The van der Waals surface area contributed by atoms with Gasteiger partial charge in [-0.3, -0.25) is 4.79 Å². The maximum atomic E-state index is 13.3. The standard InChI is InChI=1S/C16H16FN3O2/c1-11(12-6-8-13(18)9-7-12)19-20-16(21)10-22-15-5-3-2-4-14(15)17/h2-9H,10,18H2,1H3,(H,20,21)/b19-11-. The van der Waals surface area contributed by atoms with Crippen molar-refractivity contribution in [1.82, 2.24) is 5.43 Å². The van der Waals surface area contributed by atoms with E-state index in [1.165, 1.54) is 12.1 Å². The molecule has 0 spiro atoms. The van der Waals surface area contributed by atoms with Crippen molar-refractivity contribution in [2.24, 2.45) is 5.10 Å². The molecule has 0 fully saturated rings. The number of carbonyl (C=O) groups is 1. The summed E-state index contributed by atoms with van der Waals surface area (Å²) in [5.74, 6) is -0.966. The third-order valence-corrected chi connectivity index (χ3v) is 2.87. The van der Waals surface area contributed by atoms with Crippen LogP contribution in [0, 0.1) is 5.82 Å². The molecule has 0 heterocycles. The van der Waals surface area contributed by atoms with Crippen molar-refractivity contribution in [1.29, 1.82) is 0 Å². The second-order valence-corrected chi connectivity index (χ2v) is 4.57. The molecule has 0 aliphatic heterocycles. The highest BCUT2D eigenvalue weighted by molar-refractivity contribution is 5.99. The summed E-state index contributed by atoms with van der Waals surface area (Å²) in [6.07, 6.45) is 0. The third-order valence-electron chi connectivity index (χ3n) is 2.87. The summed E-state index contributed by atoms with van der Waals surface area (Å²) in [4.78, 5) is 11.6. The molecule has 0 aliphatic carbocycles. The average Bonchev–Trinajstić information content (AvgIpc) is 2.52. The predicted octanol–water partition coefficient (Wildman–Crippen LogP) is 2.33. The number of halogens is 1. The first-order valence-electron chi connectivity index (χ1n) is 6.62. The smallest absolute Gasteiger partial charge is 0.277 e. The molecule has 22 heavy (non-hydrogen) atoms. The maximum Gasteiger partial charge on any atom is 0.277 e. The minimum atomic E-state index is -0.517. The molecule has 0 bridgehead atoms. The summed E-state index contributed by atoms with van der Waals surface area (Å²) < 4.78 is 18.4. The van der Waals surface area contributed by atoms with E-state index in [9.17, 15) is 9.18 Å². The minimum Gasteiger partial charge on any atom is -0.481 e. The zero-order valence-corrected chi connectivity index (χ0v) is 12.0. The van der Waals surface area contributed by atoms with Crippen molar-refractivity contribution in [2.75, 3.05) is 12.3 Å². The van der Waals surface area contributed by atoms with Crippen LogP contribution in [0.4, 0.5) is 10.1 Å². The number of nitrogens with zero attached hydrogens (tertiary/aromatic N) is 1. The second kappa shape index (κ2) is 7.21. The number of amides is 1. The first-order chi connectivity index (χ1) is 10.6. The van der Waals surface area contributed by atoms with Crippen LogP contribution in [-0.2, 0) is 4.79 Å². The van der Waals surface area contributed by atoms with Crippen molar-refractivity contribution in [3.8, 4) is 5.75 Å². The van der Waals surface area contributed by atoms with Gasteiger partial charge in [-0.25, -0.2) is 9.82 Å². The Hall–Kier alpha value is -2.89. The number of anilines is 1. The Morgan fingerprint density at radius 3 is 2.59 bits per heavy atom. The highest BCUT2D eigenvalue weighted by Crippen LogP contribution is 2.14. The van der Waals surface area contributed by atoms with Gasteiger partial charge in [-0.05, 0) is 36.8 Å². The number of nitrogens with one attached hydrogen (secondary N) is 1. The van der Waals surface area contributed by atoms with E-state index in [0.717, 1.165) is 5.56 Å². The van der Waals surface area contributed by atoms with Gasteiger partial charge < -0.3 is 10.5 Å². The van der Waals surface area contributed by atoms with Gasteiger partial charge in [0.1, 0.15) is 0 Å². The maximum absolute atomic E-state index is 13.3. The zero-order valence-electron chi connectivity index (χ0n) is 12.0. The summed E-state index contributed by atoms with van der Waals surface area (Å²) in [6.45, 7) is 1.43. The van der Waals surface area contributed by atoms with Gasteiger partial charge in [0.2, 0.25) is 0 Å². The number of carbonyl (C=O) groups excluding carboxylic acids is 1. The lowest BCUT2D eigenvalue weighted by molar-refractivity contribution is -0.123. The SMILES string of the molecule is C/C(=N/NC(=O)COc1ccccc1F)c1ccc(N)cc1. The van der Waals surface area contributed by atoms with Crippen LogP contribution in [0.25, 0.3) is 0 Å². The van der Waals surface area contributed by atoms with E-state index < -0.39 is 11.7 Å². The topological polar surface area (TPSA) is 76.7 Å². The van der Waals surface area contributed by atoms with Gasteiger partial charge in [0.05, 0.1) is 5.71 Å². The lowest BCUT2D eigenvalue weighted by Crippen LogP contribution is -2.25. The van der Waals surface area contributed by atoms with E-state index in [1.54, 1.807) is 43.3 Å². The fraction of sp³-hybridized carbons (Fsp3) is 0.125. The quantitative estimate of drug-likeness (QED) is 0.505. The molecule has 0 saturated heterocycles. The lowest BCUT2D eigenvalue weighted by atomic mass is 10.1. The third kappa shape index (κ3) is 4.31. The van der Waals surface area contributed by atoms with Crippen molar-refractivity contribution < 1.29 is 13.9 Å². The summed E-state index contributed by atoms with van der Waals surface area (Å²) in [5.41, 5.74) is 10.1. The number of benzene rings is 2. The Kier molecular flexibility index (Phi) is 5.08. The monoisotopic (exact) mass is 301 g/mol. The van der Waals surface area contributed by atoms with E-state index in [4.69, 9.17) is 10.5 Å². The number of nitrogens with two attached hydrogens (primary N) is 1. The van der Waals surface area contributed by atoms with Crippen molar-refractivity contribution >= 4 is 17.3 Å². The van der Waals surface area contributed by atoms with Crippen LogP contribution in [-0.4, -0.2) is 18.2 Å². The molecule has 2 aromatic rings. The average molecular weight is 301 g/mol. The Balaban J connectivity index is 1.88. The molecule has 0 unspecified atom stereocenters. The van der Waals surface area contributed by atoms with Gasteiger partial charge in [0, 0.05) is 5.69 Å². The number of hydrogen-bond donors (Lipinski definition) is 2. The van der Waals surface area contributed by atoms with E-state index in [2.05, 4.69) is 10.5 Å². The van der Waals surface area contributed by atoms with Crippen LogP contribution >= 0.6 is 0 Å². The minimum absolute atomic E-state index is 0.0249. The Morgan fingerprint density at radius 2 is 1.91 bits per heavy atom. The van der Waals surface area contributed by atoms with Gasteiger partial charge >= 0.3 is 0 Å². The highest BCUT2D eigenvalue weighted by Gasteiger charge is 2.06.